The van der Waals surface area contributed by atoms with Crippen molar-refractivity contribution in [1.29, 1.82) is 0 Å². The summed E-state index contributed by atoms with van der Waals surface area (Å²) in [5, 5.41) is 14.7. The molecule has 0 unspecified atom stereocenters. The molecule has 20 heavy (non-hydrogen) atoms. The monoisotopic (exact) mass is 298 g/mol. The Kier molecular flexibility index (Phi) is 7.08. The quantitative estimate of drug-likeness (QED) is 0.652. The molecule has 0 heterocycles. The number of hydrogen-bond acceptors (Lipinski definition) is 3. The van der Waals surface area contributed by atoms with Crippen LogP contribution in [-0.2, 0) is 4.74 Å². The van der Waals surface area contributed by atoms with Gasteiger partial charge in [0.05, 0.1) is 6.10 Å². The number of nitrogens with one attached hydrogen (secondary N) is 2. The highest BCUT2D eigenvalue weighted by Gasteiger charge is 2.27. The average molecular weight is 298 g/mol. The normalized spacial score (nSPS) is 23.4. The van der Waals surface area contributed by atoms with Crippen LogP contribution >= 0.6 is 0 Å². The molecule has 0 saturated heterocycles. The van der Waals surface area contributed by atoms with E-state index in [9.17, 15) is 23.1 Å². The van der Waals surface area contributed by atoms with Gasteiger partial charge in [-0.3, -0.25) is 0 Å². The first-order valence-corrected chi connectivity index (χ1v) is 6.74. The van der Waals surface area contributed by atoms with Gasteiger partial charge in [-0.25, -0.2) is 4.79 Å². The number of carbonyl (C=O) groups is 1. The summed E-state index contributed by atoms with van der Waals surface area (Å²) in [6.45, 7) is -1.04. The van der Waals surface area contributed by atoms with Crippen LogP contribution in [0, 0.1) is 0 Å². The third-order valence-electron chi connectivity index (χ3n) is 3.05. The van der Waals surface area contributed by atoms with Gasteiger partial charge >= 0.3 is 12.2 Å². The van der Waals surface area contributed by atoms with E-state index in [1.54, 1.807) is 0 Å². The van der Waals surface area contributed by atoms with Crippen molar-refractivity contribution in [3.05, 3.63) is 0 Å². The molecular weight excluding hydrogens is 277 g/mol. The van der Waals surface area contributed by atoms with Crippen molar-refractivity contribution in [3.8, 4) is 0 Å². The molecule has 0 aromatic heterocycles. The van der Waals surface area contributed by atoms with Crippen molar-refractivity contribution >= 4 is 6.03 Å². The highest BCUT2D eigenvalue weighted by Crippen LogP contribution is 2.18. The van der Waals surface area contributed by atoms with Crippen molar-refractivity contribution in [2.45, 2.75) is 50.4 Å². The fourth-order valence-corrected chi connectivity index (χ4v) is 2.02. The highest BCUT2D eigenvalue weighted by atomic mass is 19.4. The maximum atomic E-state index is 11.8. The summed E-state index contributed by atoms with van der Waals surface area (Å²) in [4.78, 5) is 11.5. The zero-order chi connectivity index (χ0) is 15.0. The van der Waals surface area contributed by atoms with Gasteiger partial charge < -0.3 is 20.5 Å². The van der Waals surface area contributed by atoms with E-state index in [1.165, 1.54) is 0 Å². The molecule has 0 spiro atoms. The van der Waals surface area contributed by atoms with Crippen LogP contribution in [0.2, 0.25) is 0 Å². The molecular formula is C12H21F3N2O3. The van der Waals surface area contributed by atoms with Gasteiger partial charge in [0.25, 0.3) is 0 Å². The zero-order valence-corrected chi connectivity index (χ0v) is 11.2. The molecule has 0 aromatic rings. The largest absolute Gasteiger partial charge is 0.411 e. The van der Waals surface area contributed by atoms with Gasteiger partial charge in [0.15, 0.2) is 0 Å². The Bertz CT molecular complexity index is 292. The van der Waals surface area contributed by atoms with Gasteiger partial charge in [-0.05, 0) is 32.1 Å². The van der Waals surface area contributed by atoms with E-state index in [0.29, 0.717) is 19.3 Å². The first kappa shape index (κ1) is 17.0. The predicted molar refractivity (Wildman–Crippen MR) is 66.3 cm³/mol. The van der Waals surface area contributed by atoms with Gasteiger partial charge in [0, 0.05) is 19.2 Å². The molecule has 0 radical (unpaired) electrons. The van der Waals surface area contributed by atoms with E-state index in [4.69, 9.17) is 0 Å². The molecule has 0 bridgehead atoms. The van der Waals surface area contributed by atoms with Crippen molar-refractivity contribution in [2.24, 2.45) is 0 Å². The molecule has 2 amide bonds. The number of ether oxygens (including phenoxy) is 1. The first-order valence-electron chi connectivity index (χ1n) is 6.74. The Morgan fingerprint density at radius 3 is 2.50 bits per heavy atom. The lowest BCUT2D eigenvalue weighted by molar-refractivity contribution is -0.173. The third kappa shape index (κ3) is 8.21. The second-order valence-corrected chi connectivity index (χ2v) is 4.93. The number of alkyl halides is 3. The van der Waals surface area contributed by atoms with Crippen molar-refractivity contribution in [3.63, 3.8) is 0 Å². The molecule has 1 rings (SSSR count). The molecule has 3 N–H and O–H groups in total. The van der Waals surface area contributed by atoms with Gasteiger partial charge in [-0.1, -0.05) is 0 Å². The number of rotatable bonds is 6. The smallest absolute Gasteiger partial charge is 0.393 e. The molecule has 1 fully saturated rings. The van der Waals surface area contributed by atoms with Crippen molar-refractivity contribution < 1.29 is 27.8 Å². The first-order chi connectivity index (χ1) is 9.37. The molecule has 1 saturated carbocycles. The van der Waals surface area contributed by atoms with Gasteiger partial charge in [0.1, 0.15) is 6.61 Å². The van der Waals surface area contributed by atoms with E-state index in [-0.39, 0.29) is 31.3 Å². The maximum absolute atomic E-state index is 11.8. The molecule has 0 atom stereocenters. The van der Waals surface area contributed by atoms with Gasteiger partial charge in [-0.2, -0.15) is 13.2 Å². The minimum Gasteiger partial charge on any atom is -0.393 e. The molecule has 1 aliphatic rings. The van der Waals surface area contributed by atoms with Crippen LogP contribution in [0.25, 0.3) is 0 Å². The molecule has 1 aliphatic carbocycles. The summed E-state index contributed by atoms with van der Waals surface area (Å²) in [7, 11) is 0. The fourth-order valence-electron chi connectivity index (χ4n) is 2.02. The van der Waals surface area contributed by atoms with Crippen molar-refractivity contribution in [1.82, 2.24) is 10.6 Å². The number of aliphatic hydroxyl groups excluding tert-OH is 1. The lowest BCUT2D eigenvalue weighted by atomic mass is 9.93. The second-order valence-electron chi connectivity index (χ2n) is 4.93. The Balaban J connectivity index is 1.98. The topological polar surface area (TPSA) is 70.6 Å². The minimum absolute atomic E-state index is 0.0462. The standard InChI is InChI=1S/C12H21F3N2O3/c13-12(14,15)8-20-7-1-6-16-11(19)17-9-2-4-10(18)5-3-9/h9-10,18H,1-8H2,(H2,16,17,19). The molecule has 5 nitrogen and oxygen atoms in total. The summed E-state index contributed by atoms with van der Waals surface area (Å²) in [6, 6.07) is -0.276. The average Bonchev–Trinajstić information content (AvgIpc) is 2.35. The predicted octanol–water partition coefficient (Wildman–Crippen LogP) is 1.56. The number of amides is 2. The van der Waals surface area contributed by atoms with E-state index in [2.05, 4.69) is 15.4 Å². The second kappa shape index (κ2) is 8.31. The zero-order valence-electron chi connectivity index (χ0n) is 11.2. The third-order valence-corrected chi connectivity index (χ3v) is 3.05. The van der Waals surface area contributed by atoms with E-state index in [1.807, 2.05) is 0 Å². The van der Waals surface area contributed by atoms with Crippen LogP contribution < -0.4 is 10.6 Å². The summed E-state index contributed by atoms with van der Waals surface area (Å²) in [5.74, 6) is 0. The summed E-state index contributed by atoms with van der Waals surface area (Å²) >= 11 is 0. The van der Waals surface area contributed by atoms with Crippen LogP contribution in [0.1, 0.15) is 32.1 Å². The van der Waals surface area contributed by atoms with Crippen LogP contribution in [0.15, 0.2) is 0 Å². The van der Waals surface area contributed by atoms with Gasteiger partial charge in [-0.15, -0.1) is 0 Å². The maximum Gasteiger partial charge on any atom is 0.411 e. The summed E-state index contributed by atoms with van der Waals surface area (Å²) < 4.78 is 39.7. The highest BCUT2D eigenvalue weighted by molar-refractivity contribution is 5.74. The Labute approximate surface area is 115 Å². The molecule has 118 valence electrons. The van der Waals surface area contributed by atoms with Crippen LogP contribution in [-0.4, -0.2) is 49.2 Å². The number of hydrogen-bond donors (Lipinski definition) is 3. The van der Waals surface area contributed by atoms with Crippen molar-refractivity contribution in [2.75, 3.05) is 19.8 Å². The Morgan fingerprint density at radius 2 is 1.90 bits per heavy atom. The van der Waals surface area contributed by atoms with Gasteiger partial charge in [0.2, 0.25) is 0 Å². The number of urea groups is 1. The van der Waals surface area contributed by atoms with Crippen LogP contribution in [0.3, 0.4) is 0 Å². The number of aliphatic hydroxyl groups is 1. The van der Waals surface area contributed by atoms with E-state index >= 15 is 0 Å². The molecule has 8 heteroatoms. The van der Waals surface area contributed by atoms with E-state index < -0.39 is 12.8 Å². The SMILES string of the molecule is O=C(NCCCOCC(F)(F)F)NC1CCC(O)CC1. The molecule has 0 aromatic carbocycles. The fraction of sp³-hybridized carbons (Fsp3) is 0.917. The summed E-state index contributed by atoms with van der Waals surface area (Å²) in [6.07, 6.45) is -1.43. The number of carbonyl (C=O) groups excluding carboxylic acids is 1. The Morgan fingerprint density at radius 1 is 1.25 bits per heavy atom. The summed E-state index contributed by atoms with van der Waals surface area (Å²) in [5.41, 5.74) is 0. The van der Waals surface area contributed by atoms with E-state index in [0.717, 1.165) is 12.8 Å². The lowest BCUT2D eigenvalue weighted by Crippen LogP contribution is -2.44. The minimum atomic E-state index is -4.31. The number of halogens is 3. The Hall–Kier alpha value is -1.02. The lowest BCUT2D eigenvalue weighted by Gasteiger charge is -2.26. The molecule has 0 aliphatic heterocycles. The van der Waals surface area contributed by atoms with Crippen LogP contribution in [0.5, 0.6) is 0 Å². The van der Waals surface area contributed by atoms with Crippen LogP contribution in [0.4, 0.5) is 18.0 Å².